The monoisotopic (exact) mass is 515 g/mol. The lowest BCUT2D eigenvalue weighted by Crippen LogP contribution is -2.34. The number of carbonyl (C=O) groups is 1. The number of fused-ring (bicyclic) bond motifs is 1. The van der Waals surface area contributed by atoms with Gasteiger partial charge in [-0.3, -0.25) is 4.79 Å². The molecule has 0 amide bonds. The zero-order valence-corrected chi connectivity index (χ0v) is 23.6. The molecule has 2 aromatic carbocycles. The summed E-state index contributed by atoms with van der Waals surface area (Å²) in [6.45, 7) is 8.16. The number of nitrogens with zero attached hydrogens (tertiary/aromatic N) is 1. The second-order valence-corrected chi connectivity index (χ2v) is 11.3. The number of carbonyl (C=O) groups excluding carboxylic acids is 1. The van der Waals surface area contributed by atoms with E-state index in [1.807, 2.05) is 6.07 Å². The van der Waals surface area contributed by atoms with Crippen LogP contribution in [0, 0.1) is 0 Å². The van der Waals surface area contributed by atoms with E-state index in [2.05, 4.69) is 43.0 Å². The van der Waals surface area contributed by atoms with E-state index in [1.165, 1.54) is 86.8 Å². The fourth-order valence-electron chi connectivity index (χ4n) is 6.30. The molecule has 2 aliphatic heterocycles. The minimum atomic E-state index is 0.137. The third kappa shape index (κ3) is 6.11. The smallest absolute Gasteiger partial charge is 0.189 e. The van der Waals surface area contributed by atoms with Gasteiger partial charge in [-0.05, 0) is 91.1 Å². The lowest BCUT2D eigenvalue weighted by Gasteiger charge is -2.37. The van der Waals surface area contributed by atoms with Crippen LogP contribution in [0.2, 0.25) is 0 Å². The van der Waals surface area contributed by atoms with Crippen LogP contribution in [-0.2, 0) is 19.3 Å². The van der Waals surface area contributed by atoms with Crippen LogP contribution in [0.15, 0.2) is 29.8 Å². The number of hydrogen-bond acceptors (Lipinski definition) is 4. The molecule has 0 saturated heterocycles. The largest absolute Gasteiger partial charge is 0.490 e. The molecule has 4 heteroatoms. The van der Waals surface area contributed by atoms with Crippen LogP contribution in [0.4, 0.5) is 5.69 Å². The van der Waals surface area contributed by atoms with E-state index in [9.17, 15) is 4.79 Å². The zero-order valence-electron chi connectivity index (χ0n) is 23.6. The van der Waals surface area contributed by atoms with Crippen LogP contribution in [0.3, 0.4) is 0 Å². The first kappa shape index (κ1) is 26.8. The van der Waals surface area contributed by atoms with E-state index in [0.717, 1.165) is 53.9 Å². The zero-order chi connectivity index (χ0) is 26.3. The second-order valence-electron chi connectivity index (χ2n) is 11.3. The summed E-state index contributed by atoms with van der Waals surface area (Å²) in [6, 6.07) is 8.68. The number of benzene rings is 2. The van der Waals surface area contributed by atoms with E-state index in [1.54, 1.807) is 0 Å². The Labute approximate surface area is 229 Å². The van der Waals surface area contributed by atoms with Crippen molar-refractivity contribution in [2.45, 2.75) is 97.3 Å². The second kappa shape index (κ2) is 12.9. The van der Waals surface area contributed by atoms with Gasteiger partial charge in [-0.25, -0.2) is 0 Å². The van der Waals surface area contributed by atoms with Gasteiger partial charge in [0.05, 0.1) is 13.2 Å². The van der Waals surface area contributed by atoms with Crippen molar-refractivity contribution in [1.82, 2.24) is 0 Å². The highest BCUT2D eigenvalue weighted by Gasteiger charge is 2.29. The molecule has 2 heterocycles. The minimum absolute atomic E-state index is 0.137. The molecule has 0 bridgehead atoms. The van der Waals surface area contributed by atoms with Crippen molar-refractivity contribution in [2.24, 2.45) is 0 Å². The molecule has 0 radical (unpaired) electrons. The predicted molar refractivity (Wildman–Crippen MR) is 157 cm³/mol. The first-order valence-corrected chi connectivity index (χ1v) is 15.3. The Bertz CT molecular complexity index is 1130. The Morgan fingerprint density at radius 3 is 1.97 bits per heavy atom. The average molecular weight is 516 g/mol. The number of anilines is 1. The van der Waals surface area contributed by atoms with E-state index >= 15 is 0 Å². The number of rotatable bonds is 13. The third-order valence-electron chi connectivity index (χ3n) is 8.29. The van der Waals surface area contributed by atoms with Crippen molar-refractivity contribution >= 4 is 17.5 Å². The number of ketones is 1. The lowest BCUT2D eigenvalue weighted by atomic mass is 9.89. The maximum Gasteiger partial charge on any atom is 0.189 e. The molecular formula is C34H45NO3. The first-order valence-electron chi connectivity index (χ1n) is 15.3. The number of Topliss-reactive ketones (excluding diaryl/α,β-unsaturated/α-hetero) is 1. The van der Waals surface area contributed by atoms with E-state index in [-0.39, 0.29) is 5.78 Å². The summed E-state index contributed by atoms with van der Waals surface area (Å²) in [5.41, 5.74) is 8.30. The van der Waals surface area contributed by atoms with E-state index in [4.69, 9.17) is 9.47 Å². The SMILES string of the molecule is CCCCCCOc1cc2c(cc1OCCCCCC)C(=O)/C(=C/c1cc3c4c(c1)CCCN4CCC3)C2. The Hall–Kier alpha value is -2.75. The van der Waals surface area contributed by atoms with Gasteiger partial charge in [0.1, 0.15) is 0 Å². The summed E-state index contributed by atoms with van der Waals surface area (Å²) in [4.78, 5) is 16.1. The predicted octanol–water partition coefficient (Wildman–Crippen LogP) is 8.13. The summed E-state index contributed by atoms with van der Waals surface area (Å²) in [5, 5.41) is 0. The van der Waals surface area contributed by atoms with Gasteiger partial charge in [-0.15, -0.1) is 0 Å². The number of hydrogen-bond donors (Lipinski definition) is 0. The van der Waals surface area contributed by atoms with Crippen molar-refractivity contribution < 1.29 is 14.3 Å². The minimum Gasteiger partial charge on any atom is -0.490 e. The summed E-state index contributed by atoms with van der Waals surface area (Å²) < 4.78 is 12.4. The summed E-state index contributed by atoms with van der Waals surface area (Å²) in [5.74, 6) is 1.66. The fraction of sp³-hybridized carbons (Fsp3) is 0.559. The molecule has 204 valence electrons. The van der Waals surface area contributed by atoms with Gasteiger partial charge in [0.25, 0.3) is 0 Å². The van der Waals surface area contributed by atoms with E-state index < -0.39 is 0 Å². The highest BCUT2D eigenvalue weighted by molar-refractivity contribution is 6.16. The van der Waals surface area contributed by atoms with Crippen molar-refractivity contribution in [3.8, 4) is 11.5 Å². The fourth-order valence-corrected chi connectivity index (χ4v) is 6.30. The molecule has 0 atom stereocenters. The maximum absolute atomic E-state index is 13.5. The van der Waals surface area contributed by atoms with Gasteiger partial charge in [0, 0.05) is 36.3 Å². The molecule has 0 unspecified atom stereocenters. The average Bonchev–Trinajstić information content (AvgIpc) is 3.22. The van der Waals surface area contributed by atoms with Crippen molar-refractivity contribution in [1.29, 1.82) is 0 Å². The van der Waals surface area contributed by atoms with Crippen molar-refractivity contribution in [2.75, 3.05) is 31.2 Å². The molecule has 1 aliphatic carbocycles. The van der Waals surface area contributed by atoms with Gasteiger partial charge < -0.3 is 14.4 Å². The summed E-state index contributed by atoms with van der Waals surface area (Å²) in [7, 11) is 0. The molecule has 0 saturated carbocycles. The topological polar surface area (TPSA) is 38.8 Å². The number of ether oxygens (including phenoxy) is 2. The number of allylic oxidation sites excluding steroid dienone is 1. The van der Waals surface area contributed by atoms with Crippen LogP contribution >= 0.6 is 0 Å². The molecule has 38 heavy (non-hydrogen) atoms. The molecule has 4 nitrogen and oxygen atoms in total. The van der Waals surface area contributed by atoms with Gasteiger partial charge in [-0.2, -0.15) is 0 Å². The summed E-state index contributed by atoms with van der Waals surface area (Å²) >= 11 is 0. The standard InChI is InChI=1S/C34H45NO3/c1-3-5-7-9-17-37-31-23-28-22-29(34(36)30(28)24-32(31)38-18-10-8-6-4-2)21-25-19-26-13-11-15-35-16-12-14-27(20-25)33(26)35/h19-21,23-24H,3-18,22H2,1-2H3/b29-21+. The molecular weight excluding hydrogens is 470 g/mol. The molecule has 2 aromatic rings. The first-order chi connectivity index (χ1) is 18.7. The molecule has 5 rings (SSSR count). The Morgan fingerprint density at radius 1 is 0.763 bits per heavy atom. The normalized spacial score (nSPS) is 17.1. The summed E-state index contributed by atoms with van der Waals surface area (Å²) in [6.07, 6.45) is 16.8. The lowest BCUT2D eigenvalue weighted by molar-refractivity contribution is 0.104. The Morgan fingerprint density at radius 2 is 1.37 bits per heavy atom. The van der Waals surface area contributed by atoms with Crippen LogP contribution in [0.1, 0.15) is 111 Å². The Balaban J connectivity index is 1.36. The van der Waals surface area contributed by atoms with Gasteiger partial charge in [0.15, 0.2) is 17.3 Å². The molecule has 0 fully saturated rings. The van der Waals surface area contributed by atoms with E-state index in [0.29, 0.717) is 19.6 Å². The maximum atomic E-state index is 13.5. The molecule has 0 spiro atoms. The molecule has 3 aliphatic rings. The number of aryl methyl sites for hydroxylation is 2. The molecule has 0 aromatic heterocycles. The van der Waals surface area contributed by atoms with Gasteiger partial charge in [0.2, 0.25) is 0 Å². The van der Waals surface area contributed by atoms with Crippen LogP contribution in [0.25, 0.3) is 6.08 Å². The van der Waals surface area contributed by atoms with Crippen molar-refractivity contribution in [3.63, 3.8) is 0 Å². The number of unbranched alkanes of at least 4 members (excludes halogenated alkanes) is 6. The highest BCUT2D eigenvalue weighted by Crippen LogP contribution is 2.40. The highest BCUT2D eigenvalue weighted by atomic mass is 16.5. The van der Waals surface area contributed by atoms with Crippen LogP contribution in [-0.4, -0.2) is 32.1 Å². The van der Waals surface area contributed by atoms with Gasteiger partial charge in [-0.1, -0.05) is 52.4 Å². The Kier molecular flexibility index (Phi) is 9.09. The van der Waals surface area contributed by atoms with Crippen molar-refractivity contribution in [3.05, 3.63) is 57.7 Å². The van der Waals surface area contributed by atoms with Crippen LogP contribution < -0.4 is 14.4 Å². The molecule has 0 N–H and O–H groups in total. The van der Waals surface area contributed by atoms with Gasteiger partial charge >= 0.3 is 0 Å². The quantitative estimate of drug-likeness (QED) is 0.199. The third-order valence-corrected chi connectivity index (χ3v) is 8.29. The van der Waals surface area contributed by atoms with Crippen LogP contribution in [0.5, 0.6) is 11.5 Å².